The number of nitrogens with one attached hydrogen (secondary N) is 3. The number of hydrogen-bond donors (Lipinski definition) is 4. The lowest BCUT2D eigenvalue weighted by Crippen LogP contribution is -2.47. The van der Waals surface area contributed by atoms with Gasteiger partial charge >= 0.3 is 0 Å². The number of halogens is 2. The highest BCUT2D eigenvalue weighted by Gasteiger charge is 2.25. The molecule has 0 amide bonds. The fraction of sp³-hybridized carbons (Fsp3) is 0.192. The summed E-state index contributed by atoms with van der Waals surface area (Å²) < 4.78 is 27.3. The Kier molecular flexibility index (Phi) is 5.99. The molecular weight excluding hydrogens is 478 g/mol. The van der Waals surface area contributed by atoms with Crippen molar-refractivity contribution in [2.24, 2.45) is 0 Å². The second kappa shape index (κ2) is 9.60. The number of rotatable bonds is 6. The van der Waals surface area contributed by atoms with Crippen LogP contribution in [-0.2, 0) is 0 Å². The lowest BCUT2D eigenvalue weighted by molar-refractivity contribution is 0.128. The summed E-state index contributed by atoms with van der Waals surface area (Å²) in [5.41, 5.74) is 3.16. The van der Waals surface area contributed by atoms with E-state index in [9.17, 15) is 13.9 Å². The number of hydrogen-bond acceptors (Lipinski definition) is 9. The van der Waals surface area contributed by atoms with Crippen LogP contribution in [-0.4, -0.2) is 55.3 Å². The van der Waals surface area contributed by atoms with Crippen LogP contribution in [0.15, 0.2) is 61.2 Å². The Morgan fingerprint density at radius 3 is 2.73 bits per heavy atom. The Balaban J connectivity index is 1.42. The van der Waals surface area contributed by atoms with Gasteiger partial charge < -0.3 is 21.1 Å². The summed E-state index contributed by atoms with van der Waals surface area (Å²) in [4.78, 5) is 22.0. The fourth-order valence-corrected chi connectivity index (χ4v) is 4.36. The first-order valence-electron chi connectivity index (χ1n) is 11.8. The van der Waals surface area contributed by atoms with E-state index in [0.717, 1.165) is 41.8 Å². The quantitative estimate of drug-likeness (QED) is 0.315. The number of aromatic nitrogens is 5. The van der Waals surface area contributed by atoms with E-state index in [1.807, 2.05) is 18.2 Å². The summed E-state index contributed by atoms with van der Waals surface area (Å²) in [5, 5.41) is 20.8. The van der Waals surface area contributed by atoms with Gasteiger partial charge in [0.2, 0.25) is 0 Å². The Labute approximate surface area is 210 Å². The maximum Gasteiger partial charge on any atom is 0.168 e. The standard InChI is InChI=1S/C26H22F2N8O/c27-16-9-18(28)25(32-10-16)35-22-8-15(4-7-31-22)24-34-20-12-30-11-17(14-2-1-3-14)23(20)26(36-24)33-19-5-6-29-13-21(19)37/h1-4,7-12,19,21,29,37H,5-6,13H2,(H,31,32,35)(H,33,34,36)/t19-,21+/m1/s1. The Bertz CT molecular complexity index is 1560. The molecule has 1 fully saturated rings. The number of piperidine rings is 1. The molecule has 4 aromatic heterocycles. The van der Waals surface area contributed by atoms with Crippen molar-refractivity contribution in [2.45, 2.75) is 18.6 Å². The number of anilines is 3. The van der Waals surface area contributed by atoms with Crippen LogP contribution in [0.5, 0.6) is 0 Å². The average molecular weight is 501 g/mol. The number of aliphatic hydroxyl groups excluding tert-OH is 1. The van der Waals surface area contributed by atoms with Crippen LogP contribution in [0, 0.1) is 11.6 Å². The Morgan fingerprint density at radius 2 is 1.95 bits per heavy atom. The van der Waals surface area contributed by atoms with Crippen molar-refractivity contribution >= 4 is 33.9 Å². The molecule has 1 saturated heterocycles. The SMILES string of the molecule is O[C@H]1CNCC[C@H]1Nc1nc(-c2ccnc(Nc3ncc(F)cc3F)c2)nc2cncc(C3=CC=C3)c12. The van der Waals surface area contributed by atoms with Gasteiger partial charge in [-0.25, -0.2) is 28.7 Å². The predicted molar refractivity (Wildman–Crippen MR) is 136 cm³/mol. The van der Waals surface area contributed by atoms with Crippen molar-refractivity contribution in [1.29, 1.82) is 0 Å². The number of allylic oxidation sites excluding steroid dienone is 4. The first-order chi connectivity index (χ1) is 18.0. The van der Waals surface area contributed by atoms with Gasteiger partial charge in [0.15, 0.2) is 17.5 Å². The van der Waals surface area contributed by atoms with E-state index in [2.05, 4.69) is 30.9 Å². The third-order valence-electron chi connectivity index (χ3n) is 6.31. The van der Waals surface area contributed by atoms with Crippen LogP contribution in [0.1, 0.15) is 12.0 Å². The van der Waals surface area contributed by atoms with E-state index in [1.54, 1.807) is 24.5 Å². The summed E-state index contributed by atoms with van der Waals surface area (Å²) in [6.07, 6.45) is 12.0. The number of β-amino-alcohol motifs (C(OH)–C–C–N with tert-alkyl or cyclic N) is 1. The van der Waals surface area contributed by atoms with Gasteiger partial charge in [-0.05, 0) is 30.7 Å². The van der Waals surface area contributed by atoms with Crippen molar-refractivity contribution in [3.63, 3.8) is 0 Å². The molecule has 0 spiro atoms. The Hall–Kier alpha value is -4.35. The monoisotopic (exact) mass is 500 g/mol. The zero-order chi connectivity index (χ0) is 25.4. The molecule has 1 aliphatic heterocycles. The molecule has 5 heterocycles. The van der Waals surface area contributed by atoms with E-state index in [4.69, 9.17) is 9.97 Å². The van der Waals surface area contributed by atoms with E-state index >= 15 is 0 Å². The molecular formula is C26H22F2N8O. The molecule has 0 radical (unpaired) electrons. The summed E-state index contributed by atoms with van der Waals surface area (Å²) in [7, 11) is 0. The molecule has 2 atom stereocenters. The zero-order valence-electron chi connectivity index (χ0n) is 19.5. The second-order valence-electron chi connectivity index (χ2n) is 8.81. The lowest BCUT2D eigenvalue weighted by atomic mass is 9.97. The third-order valence-corrected chi connectivity index (χ3v) is 6.31. The molecule has 6 rings (SSSR count). The molecule has 0 saturated carbocycles. The topological polar surface area (TPSA) is 121 Å². The molecule has 2 aliphatic rings. The second-order valence-corrected chi connectivity index (χ2v) is 8.81. The van der Waals surface area contributed by atoms with Gasteiger partial charge in [0.1, 0.15) is 17.5 Å². The summed E-state index contributed by atoms with van der Waals surface area (Å²) in [6.45, 7) is 1.27. The van der Waals surface area contributed by atoms with Gasteiger partial charge in [-0.1, -0.05) is 18.2 Å². The van der Waals surface area contributed by atoms with Crippen molar-refractivity contribution in [2.75, 3.05) is 23.7 Å². The molecule has 9 nitrogen and oxygen atoms in total. The van der Waals surface area contributed by atoms with Crippen LogP contribution in [0.4, 0.5) is 26.2 Å². The molecule has 4 N–H and O–H groups in total. The molecule has 11 heteroatoms. The van der Waals surface area contributed by atoms with E-state index in [-0.39, 0.29) is 11.9 Å². The molecule has 4 aromatic rings. The van der Waals surface area contributed by atoms with Gasteiger partial charge in [0.25, 0.3) is 0 Å². The van der Waals surface area contributed by atoms with Crippen LogP contribution in [0.2, 0.25) is 0 Å². The number of fused-ring (bicyclic) bond motifs is 1. The van der Waals surface area contributed by atoms with Crippen molar-refractivity contribution in [1.82, 2.24) is 30.2 Å². The van der Waals surface area contributed by atoms with Crippen molar-refractivity contribution < 1.29 is 13.9 Å². The van der Waals surface area contributed by atoms with Gasteiger partial charge in [-0.3, -0.25) is 4.98 Å². The van der Waals surface area contributed by atoms with Crippen LogP contribution in [0.25, 0.3) is 27.9 Å². The van der Waals surface area contributed by atoms with E-state index < -0.39 is 17.7 Å². The van der Waals surface area contributed by atoms with Gasteiger partial charge in [-0.2, -0.15) is 0 Å². The lowest BCUT2D eigenvalue weighted by Gasteiger charge is -2.30. The van der Waals surface area contributed by atoms with E-state index in [0.29, 0.717) is 35.1 Å². The molecule has 0 bridgehead atoms. The van der Waals surface area contributed by atoms with Gasteiger partial charge in [0.05, 0.1) is 35.4 Å². The third kappa shape index (κ3) is 4.61. The smallest absolute Gasteiger partial charge is 0.168 e. The summed E-state index contributed by atoms with van der Waals surface area (Å²) in [6, 6.07) is 3.94. The van der Waals surface area contributed by atoms with Crippen molar-refractivity contribution in [3.8, 4) is 11.4 Å². The molecule has 0 aromatic carbocycles. The molecule has 1 aliphatic carbocycles. The molecule has 0 unspecified atom stereocenters. The van der Waals surface area contributed by atoms with Crippen LogP contribution in [0.3, 0.4) is 0 Å². The maximum absolute atomic E-state index is 14.1. The summed E-state index contributed by atoms with van der Waals surface area (Å²) in [5.74, 6) is -0.480. The van der Waals surface area contributed by atoms with Crippen LogP contribution >= 0.6 is 0 Å². The highest BCUT2D eigenvalue weighted by atomic mass is 19.1. The van der Waals surface area contributed by atoms with Crippen LogP contribution < -0.4 is 16.0 Å². The highest BCUT2D eigenvalue weighted by molar-refractivity contribution is 6.02. The largest absolute Gasteiger partial charge is 0.390 e. The summed E-state index contributed by atoms with van der Waals surface area (Å²) >= 11 is 0. The number of pyridine rings is 3. The first kappa shape index (κ1) is 23.1. The number of aliphatic hydroxyl groups is 1. The minimum absolute atomic E-state index is 0.150. The normalized spacial score (nSPS) is 18.8. The zero-order valence-corrected chi connectivity index (χ0v) is 19.5. The van der Waals surface area contributed by atoms with Crippen molar-refractivity contribution in [3.05, 3.63) is 78.4 Å². The Morgan fingerprint density at radius 1 is 1.05 bits per heavy atom. The van der Waals surface area contributed by atoms with Gasteiger partial charge in [-0.15, -0.1) is 0 Å². The predicted octanol–water partition coefficient (Wildman–Crippen LogP) is 3.59. The highest BCUT2D eigenvalue weighted by Crippen LogP contribution is 2.34. The molecule has 186 valence electrons. The fourth-order valence-electron chi connectivity index (χ4n) is 4.36. The molecule has 37 heavy (non-hydrogen) atoms. The van der Waals surface area contributed by atoms with E-state index in [1.165, 1.54) is 6.20 Å². The van der Waals surface area contributed by atoms with Gasteiger partial charge in [0, 0.05) is 36.1 Å². The minimum Gasteiger partial charge on any atom is -0.390 e. The number of nitrogens with zero attached hydrogens (tertiary/aromatic N) is 5. The first-order valence-corrected chi connectivity index (χ1v) is 11.8. The average Bonchev–Trinajstić information content (AvgIpc) is 2.86. The maximum atomic E-state index is 14.1. The minimum atomic E-state index is -0.834.